The summed E-state index contributed by atoms with van der Waals surface area (Å²) in [6, 6.07) is 15.4. The van der Waals surface area contributed by atoms with E-state index < -0.39 is 5.91 Å². The Morgan fingerprint density at radius 1 is 1.19 bits per heavy atom. The van der Waals surface area contributed by atoms with Crippen LogP contribution in [0.2, 0.25) is 0 Å². The molecular formula is C31H36N4O2. The molecule has 3 N–H and O–H groups in total. The normalized spacial score (nSPS) is 15.2. The van der Waals surface area contributed by atoms with Crippen LogP contribution in [-0.2, 0) is 31.2 Å². The fraction of sp³-hybridized carbons (Fsp3) is 0.323. The lowest BCUT2D eigenvalue weighted by Gasteiger charge is -2.30. The minimum atomic E-state index is -0.523. The van der Waals surface area contributed by atoms with Crippen molar-refractivity contribution in [3.05, 3.63) is 99.5 Å². The summed E-state index contributed by atoms with van der Waals surface area (Å²) in [7, 11) is 2.13. The zero-order valence-corrected chi connectivity index (χ0v) is 22.1. The molecule has 2 heterocycles. The molecular weight excluding hydrogens is 460 g/mol. The Morgan fingerprint density at radius 3 is 2.76 bits per heavy atom. The van der Waals surface area contributed by atoms with Crippen molar-refractivity contribution in [2.24, 2.45) is 7.05 Å². The third kappa shape index (κ3) is 4.99. The Bertz CT molecular complexity index is 1480. The first-order valence-corrected chi connectivity index (χ1v) is 13.0. The van der Waals surface area contributed by atoms with E-state index in [9.17, 15) is 4.79 Å². The SMILES string of the molecule is Cc1[nH]c(CN(CCc2cn(C)c3ccccc23)C2CCc3cc(C=CC(=O)NO)ccc32)c(C)c1C. The van der Waals surface area contributed by atoms with Gasteiger partial charge in [-0.25, -0.2) is 5.48 Å². The first-order valence-electron chi connectivity index (χ1n) is 13.0. The predicted molar refractivity (Wildman–Crippen MR) is 149 cm³/mol. The fourth-order valence-corrected chi connectivity index (χ4v) is 5.82. The summed E-state index contributed by atoms with van der Waals surface area (Å²) in [5.74, 6) is -0.523. The van der Waals surface area contributed by atoms with E-state index in [1.165, 1.54) is 56.2 Å². The first-order chi connectivity index (χ1) is 17.9. The number of nitrogens with one attached hydrogen (secondary N) is 2. The molecule has 0 fully saturated rings. The number of H-pyrrole nitrogens is 1. The maximum atomic E-state index is 11.4. The number of fused-ring (bicyclic) bond motifs is 2. The van der Waals surface area contributed by atoms with Crippen LogP contribution in [0.15, 0.2) is 54.7 Å². The van der Waals surface area contributed by atoms with Gasteiger partial charge in [-0.05, 0) is 85.6 Å². The van der Waals surface area contributed by atoms with E-state index in [-0.39, 0.29) is 0 Å². The average Bonchev–Trinajstić information content (AvgIpc) is 3.55. The number of benzene rings is 2. The summed E-state index contributed by atoms with van der Waals surface area (Å²) in [4.78, 5) is 17.7. The van der Waals surface area contributed by atoms with Crippen molar-refractivity contribution in [1.29, 1.82) is 0 Å². The molecule has 0 saturated carbocycles. The molecule has 1 atom stereocenters. The van der Waals surface area contributed by atoms with Gasteiger partial charge < -0.3 is 9.55 Å². The van der Waals surface area contributed by atoms with E-state index in [0.29, 0.717) is 6.04 Å². The highest BCUT2D eigenvalue weighted by molar-refractivity contribution is 5.90. The molecule has 2 aromatic heterocycles. The lowest BCUT2D eigenvalue weighted by atomic mass is 10.0. The van der Waals surface area contributed by atoms with Crippen LogP contribution in [0, 0.1) is 20.8 Å². The quantitative estimate of drug-likeness (QED) is 0.167. The van der Waals surface area contributed by atoms with Crippen LogP contribution in [0.5, 0.6) is 0 Å². The first kappa shape index (κ1) is 25.1. The number of aryl methyl sites for hydroxylation is 3. The molecule has 6 nitrogen and oxygen atoms in total. The minimum absolute atomic E-state index is 0.340. The average molecular weight is 497 g/mol. The lowest BCUT2D eigenvalue weighted by molar-refractivity contribution is -0.124. The molecule has 2 aromatic carbocycles. The number of para-hydroxylation sites is 1. The van der Waals surface area contributed by atoms with Gasteiger partial charge in [0.2, 0.25) is 0 Å². The monoisotopic (exact) mass is 496 g/mol. The maximum Gasteiger partial charge on any atom is 0.267 e. The number of aromatic amines is 1. The lowest BCUT2D eigenvalue weighted by Crippen LogP contribution is -2.30. The molecule has 4 aromatic rings. The van der Waals surface area contributed by atoms with E-state index in [4.69, 9.17) is 5.21 Å². The predicted octanol–water partition coefficient (Wildman–Crippen LogP) is 5.68. The highest BCUT2D eigenvalue weighted by Crippen LogP contribution is 2.38. The van der Waals surface area contributed by atoms with Gasteiger partial charge in [-0.2, -0.15) is 0 Å². The van der Waals surface area contributed by atoms with Crippen molar-refractivity contribution in [3.63, 3.8) is 0 Å². The van der Waals surface area contributed by atoms with Gasteiger partial charge in [0.1, 0.15) is 0 Å². The largest absolute Gasteiger partial charge is 0.361 e. The highest BCUT2D eigenvalue weighted by Gasteiger charge is 2.29. The maximum absolute atomic E-state index is 11.4. The van der Waals surface area contributed by atoms with Crippen LogP contribution in [0.1, 0.15) is 57.2 Å². The van der Waals surface area contributed by atoms with E-state index in [1.807, 2.05) is 0 Å². The second kappa shape index (κ2) is 10.4. The molecule has 0 bridgehead atoms. The molecule has 1 aliphatic carbocycles. The standard InChI is InChI=1S/C31H36N4O2/c1-20-21(2)28(32-22(20)3)19-35(16-15-25-18-34(4)29-8-6-5-7-26(25)29)30-13-11-24-17-23(9-12-27(24)30)10-14-31(36)33-37/h5-10,12,14,17-18,30,32,37H,11,13,15-16,19H2,1-4H3,(H,33,36). The van der Waals surface area contributed by atoms with Gasteiger partial charge in [-0.15, -0.1) is 0 Å². The summed E-state index contributed by atoms with van der Waals surface area (Å²) >= 11 is 0. The van der Waals surface area contributed by atoms with Crippen molar-refractivity contribution < 1.29 is 10.0 Å². The van der Waals surface area contributed by atoms with Crippen molar-refractivity contribution in [2.45, 2.75) is 52.6 Å². The molecule has 5 rings (SSSR count). The van der Waals surface area contributed by atoms with Gasteiger partial charge in [0, 0.05) is 60.7 Å². The Hall–Kier alpha value is -3.61. The third-order valence-corrected chi connectivity index (χ3v) is 8.12. The van der Waals surface area contributed by atoms with Crippen molar-refractivity contribution in [2.75, 3.05) is 6.54 Å². The van der Waals surface area contributed by atoms with Gasteiger partial charge in [-0.1, -0.05) is 36.4 Å². The van der Waals surface area contributed by atoms with Crippen LogP contribution in [-0.4, -0.2) is 32.1 Å². The van der Waals surface area contributed by atoms with Gasteiger partial charge in [-0.3, -0.25) is 14.9 Å². The second-order valence-corrected chi connectivity index (χ2v) is 10.3. The molecule has 37 heavy (non-hydrogen) atoms. The van der Waals surface area contributed by atoms with Crippen molar-refractivity contribution in [1.82, 2.24) is 19.9 Å². The van der Waals surface area contributed by atoms with Crippen molar-refractivity contribution in [3.8, 4) is 0 Å². The molecule has 1 amide bonds. The zero-order chi connectivity index (χ0) is 26.1. The van der Waals surface area contributed by atoms with Crippen LogP contribution >= 0.6 is 0 Å². The Labute approximate surface area is 218 Å². The molecule has 0 aliphatic heterocycles. The summed E-state index contributed by atoms with van der Waals surface area (Å²) < 4.78 is 2.23. The number of amides is 1. The fourth-order valence-electron chi connectivity index (χ4n) is 5.82. The molecule has 6 heteroatoms. The second-order valence-electron chi connectivity index (χ2n) is 10.3. The topological polar surface area (TPSA) is 73.3 Å². The molecule has 1 aliphatic rings. The number of rotatable bonds is 8. The van der Waals surface area contributed by atoms with E-state index >= 15 is 0 Å². The molecule has 0 spiro atoms. The van der Waals surface area contributed by atoms with Crippen LogP contribution < -0.4 is 5.48 Å². The number of hydrogen-bond donors (Lipinski definition) is 3. The number of hydrogen-bond acceptors (Lipinski definition) is 3. The van der Waals surface area contributed by atoms with Crippen LogP contribution in [0.4, 0.5) is 0 Å². The smallest absolute Gasteiger partial charge is 0.267 e. The number of aromatic nitrogens is 2. The Morgan fingerprint density at radius 2 is 2.00 bits per heavy atom. The molecule has 0 radical (unpaired) electrons. The summed E-state index contributed by atoms with van der Waals surface area (Å²) in [5, 5.41) is 10.1. The number of nitrogens with zero attached hydrogens (tertiary/aromatic N) is 2. The zero-order valence-electron chi connectivity index (χ0n) is 22.1. The molecule has 1 unspecified atom stereocenters. The summed E-state index contributed by atoms with van der Waals surface area (Å²) in [6.45, 7) is 8.42. The molecule has 192 valence electrons. The summed E-state index contributed by atoms with van der Waals surface area (Å²) in [6.07, 6.45) is 8.45. The number of carbonyl (C=O) groups is 1. The van der Waals surface area contributed by atoms with Gasteiger partial charge >= 0.3 is 0 Å². The number of hydroxylamine groups is 1. The van der Waals surface area contributed by atoms with E-state index in [2.05, 4.69) is 90.9 Å². The Kier molecular flexibility index (Phi) is 7.04. The minimum Gasteiger partial charge on any atom is -0.361 e. The van der Waals surface area contributed by atoms with Gasteiger partial charge in [0.15, 0.2) is 0 Å². The van der Waals surface area contributed by atoms with Gasteiger partial charge in [0.25, 0.3) is 5.91 Å². The van der Waals surface area contributed by atoms with Crippen molar-refractivity contribution >= 4 is 22.9 Å². The summed E-state index contributed by atoms with van der Waals surface area (Å²) in [5.41, 5.74) is 13.2. The van der Waals surface area contributed by atoms with E-state index in [1.54, 1.807) is 11.6 Å². The van der Waals surface area contributed by atoms with Crippen LogP contribution in [0.3, 0.4) is 0 Å². The van der Waals surface area contributed by atoms with E-state index in [0.717, 1.165) is 37.9 Å². The van der Waals surface area contributed by atoms with Gasteiger partial charge in [0.05, 0.1) is 0 Å². The van der Waals surface area contributed by atoms with Crippen LogP contribution in [0.25, 0.3) is 17.0 Å². The Balaban J connectivity index is 1.43. The highest BCUT2D eigenvalue weighted by atomic mass is 16.5. The number of carbonyl (C=O) groups excluding carboxylic acids is 1. The molecule has 0 saturated heterocycles. The third-order valence-electron chi connectivity index (χ3n) is 8.12.